The molecule has 7 nitrogen and oxygen atoms in total. The van der Waals surface area contributed by atoms with Crippen molar-refractivity contribution in [3.05, 3.63) is 30.1 Å². The lowest BCUT2D eigenvalue weighted by Crippen LogP contribution is -2.29. The second-order valence-corrected chi connectivity index (χ2v) is 4.69. The van der Waals surface area contributed by atoms with Crippen LogP contribution in [0, 0.1) is 6.92 Å². The molecule has 2 N–H and O–H groups in total. The molecule has 0 atom stereocenters. The van der Waals surface area contributed by atoms with Crippen LogP contribution in [0.2, 0.25) is 0 Å². The molecule has 0 spiro atoms. The molecule has 0 radical (unpaired) electrons. The maximum absolute atomic E-state index is 11.5. The fourth-order valence-corrected chi connectivity index (χ4v) is 2.45. The van der Waals surface area contributed by atoms with E-state index in [-0.39, 0.29) is 12.2 Å². The molecule has 7 heteroatoms. The molecule has 0 saturated carbocycles. The maximum atomic E-state index is 11.5. The van der Waals surface area contributed by atoms with Crippen molar-refractivity contribution in [2.75, 3.05) is 24.6 Å². The van der Waals surface area contributed by atoms with E-state index in [0.717, 1.165) is 0 Å². The number of carbonyl (C=O) groups is 1. The zero-order chi connectivity index (χ0) is 15.6. The Bertz CT molecular complexity index is 693. The van der Waals surface area contributed by atoms with E-state index in [9.17, 15) is 15.0 Å². The van der Waals surface area contributed by atoms with Gasteiger partial charge >= 0.3 is 5.97 Å². The molecular weight excluding hydrogens is 272 g/mol. The summed E-state index contributed by atoms with van der Waals surface area (Å²) in [6.45, 7) is 6.14. The Morgan fingerprint density at radius 3 is 2.86 bits per heavy atom. The normalized spacial score (nSPS) is 10.8. The number of aliphatic hydroxyl groups excluding tert-OH is 1. The fourth-order valence-electron chi connectivity index (χ4n) is 2.45. The number of hydrogen-bond acceptors (Lipinski definition) is 5. The summed E-state index contributed by atoms with van der Waals surface area (Å²) >= 11 is 0. The van der Waals surface area contributed by atoms with Crippen molar-refractivity contribution in [2.24, 2.45) is 7.05 Å². The van der Waals surface area contributed by atoms with E-state index in [1.54, 1.807) is 22.7 Å². The van der Waals surface area contributed by atoms with Crippen LogP contribution in [0.4, 0.5) is 5.69 Å². The van der Waals surface area contributed by atoms with Gasteiger partial charge in [0.05, 0.1) is 23.4 Å². The average molecular weight is 290 g/mol. The zero-order valence-corrected chi connectivity index (χ0v) is 12.1. The van der Waals surface area contributed by atoms with Crippen molar-refractivity contribution >= 4 is 22.7 Å². The van der Waals surface area contributed by atoms with Crippen LogP contribution in [0.25, 0.3) is 11.0 Å². The Balaban J connectivity index is 2.79. The Hall–Kier alpha value is -2.41. The van der Waals surface area contributed by atoms with E-state index in [1.807, 2.05) is 6.92 Å². The van der Waals surface area contributed by atoms with Gasteiger partial charge in [0.2, 0.25) is 0 Å². The third kappa shape index (κ3) is 2.59. The minimum absolute atomic E-state index is 0.0873. The van der Waals surface area contributed by atoms with Crippen molar-refractivity contribution in [1.29, 1.82) is 0 Å². The molecule has 0 aromatic carbocycles. The average Bonchev–Trinajstić information content (AvgIpc) is 2.73. The predicted molar refractivity (Wildman–Crippen MR) is 79.7 cm³/mol. The van der Waals surface area contributed by atoms with Crippen LogP contribution < -0.4 is 4.90 Å². The second kappa shape index (κ2) is 5.92. The first-order valence-corrected chi connectivity index (χ1v) is 6.53. The van der Waals surface area contributed by atoms with Gasteiger partial charge < -0.3 is 15.1 Å². The number of fused-ring (bicyclic) bond motifs is 1. The number of aromatic carboxylic acids is 1. The van der Waals surface area contributed by atoms with Crippen LogP contribution in [0.1, 0.15) is 16.1 Å². The molecule has 0 fully saturated rings. The highest BCUT2D eigenvalue weighted by Crippen LogP contribution is 2.31. The lowest BCUT2D eigenvalue weighted by Gasteiger charge is -2.24. The monoisotopic (exact) mass is 290 g/mol. The van der Waals surface area contributed by atoms with Gasteiger partial charge in [-0.3, -0.25) is 4.68 Å². The number of pyridine rings is 1. The van der Waals surface area contributed by atoms with Crippen LogP contribution >= 0.6 is 0 Å². The standard InChI is InChI=1S/C14H18N4O3/c1-4-5-18(6-7-19)12-10(14(20)21)8-15-13-11(12)9(2)16-17(13)3/h4,8,19H,1,5-7H2,2-3H3,(H,20,21). The number of carboxylic acid groups (broad SMARTS) is 1. The Kier molecular flexibility index (Phi) is 4.23. The third-order valence-electron chi connectivity index (χ3n) is 3.27. The highest BCUT2D eigenvalue weighted by Gasteiger charge is 2.23. The van der Waals surface area contributed by atoms with Gasteiger partial charge in [0.25, 0.3) is 0 Å². The van der Waals surface area contributed by atoms with Crippen molar-refractivity contribution in [1.82, 2.24) is 14.8 Å². The molecule has 2 aromatic rings. The van der Waals surface area contributed by atoms with Crippen LogP contribution in [-0.2, 0) is 7.05 Å². The van der Waals surface area contributed by atoms with Crippen LogP contribution in [0.3, 0.4) is 0 Å². The lowest BCUT2D eigenvalue weighted by atomic mass is 10.1. The summed E-state index contributed by atoms with van der Waals surface area (Å²) in [5.41, 5.74) is 1.92. The Labute approximate surface area is 122 Å². The smallest absolute Gasteiger partial charge is 0.339 e. The number of aromatic nitrogens is 3. The Morgan fingerprint density at radius 2 is 2.29 bits per heavy atom. The Morgan fingerprint density at radius 1 is 1.57 bits per heavy atom. The van der Waals surface area contributed by atoms with Gasteiger partial charge in [0.1, 0.15) is 5.56 Å². The number of rotatable bonds is 6. The molecule has 112 valence electrons. The molecular formula is C14H18N4O3. The first-order valence-electron chi connectivity index (χ1n) is 6.53. The number of nitrogens with zero attached hydrogens (tertiary/aromatic N) is 4. The molecule has 0 aliphatic rings. The topological polar surface area (TPSA) is 91.5 Å². The first-order chi connectivity index (χ1) is 10.0. The van der Waals surface area contributed by atoms with Gasteiger partial charge in [-0.2, -0.15) is 5.10 Å². The van der Waals surface area contributed by atoms with E-state index >= 15 is 0 Å². The molecule has 0 unspecified atom stereocenters. The second-order valence-electron chi connectivity index (χ2n) is 4.69. The minimum atomic E-state index is -1.06. The van der Waals surface area contributed by atoms with E-state index in [2.05, 4.69) is 16.7 Å². The highest BCUT2D eigenvalue weighted by atomic mass is 16.4. The first kappa shape index (κ1) is 15.0. The van der Waals surface area contributed by atoms with Crippen LogP contribution in [0.15, 0.2) is 18.9 Å². The molecule has 2 aromatic heterocycles. The van der Waals surface area contributed by atoms with Crippen LogP contribution in [-0.4, -0.2) is 50.6 Å². The van der Waals surface area contributed by atoms with Gasteiger partial charge in [-0.25, -0.2) is 9.78 Å². The summed E-state index contributed by atoms with van der Waals surface area (Å²) in [6.07, 6.45) is 2.99. The molecule has 2 heterocycles. The van der Waals surface area contributed by atoms with Gasteiger partial charge in [0, 0.05) is 26.3 Å². The van der Waals surface area contributed by atoms with Crippen LogP contribution in [0.5, 0.6) is 0 Å². The number of aliphatic hydroxyl groups is 1. The number of anilines is 1. The minimum Gasteiger partial charge on any atom is -0.478 e. The predicted octanol–water partition coefficient (Wildman–Crippen LogP) is 0.960. The van der Waals surface area contributed by atoms with E-state index in [0.29, 0.717) is 35.5 Å². The lowest BCUT2D eigenvalue weighted by molar-refractivity contribution is 0.0697. The largest absolute Gasteiger partial charge is 0.478 e. The number of hydrogen-bond donors (Lipinski definition) is 2. The highest BCUT2D eigenvalue weighted by molar-refractivity contribution is 6.04. The molecule has 0 amide bonds. The number of carboxylic acids is 1. The SMILES string of the molecule is C=CCN(CCO)c1c(C(=O)O)cnc2c1c(C)nn2C. The summed E-state index contributed by atoms with van der Waals surface area (Å²) < 4.78 is 1.62. The molecule has 21 heavy (non-hydrogen) atoms. The van der Waals surface area contributed by atoms with Gasteiger partial charge in [-0.1, -0.05) is 6.08 Å². The zero-order valence-electron chi connectivity index (χ0n) is 12.1. The molecule has 0 aliphatic heterocycles. The molecule has 0 bridgehead atoms. The van der Waals surface area contributed by atoms with Crippen molar-refractivity contribution in [2.45, 2.75) is 6.92 Å². The molecule has 0 saturated heterocycles. The molecule has 2 rings (SSSR count). The van der Waals surface area contributed by atoms with Gasteiger partial charge in [-0.05, 0) is 6.92 Å². The third-order valence-corrected chi connectivity index (χ3v) is 3.27. The summed E-state index contributed by atoms with van der Waals surface area (Å²) in [7, 11) is 1.76. The summed E-state index contributed by atoms with van der Waals surface area (Å²) in [5.74, 6) is -1.06. The van der Waals surface area contributed by atoms with Crippen molar-refractivity contribution < 1.29 is 15.0 Å². The quantitative estimate of drug-likeness (QED) is 0.770. The van der Waals surface area contributed by atoms with E-state index in [4.69, 9.17) is 0 Å². The fraction of sp³-hybridized carbons (Fsp3) is 0.357. The van der Waals surface area contributed by atoms with Gasteiger partial charge in [-0.15, -0.1) is 6.58 Å². The summed E-state index contributed by atoms with van der Waals surface area (Å²) in [6, 6.07) is 0. The van der Waals surface area contributed by atoms with E-state index < -0.39 is 5.97 Å². The summed E-state index contributed by atoms with van der Waals surface area (Å²) in [5, 5.41) is 23.7. The molecule has 0 aliphatic carbocycles. The maximum Gasteiger partial charge on any atom is 0.339 e. The van der Waals surface area contributed by atoms with Gasteiger partial charge in [0.15, 0.2) is 5.65 Å². The van der Waals surface area contributed by atoms with E-state index in [1.165, 1.54) is 6.20 Å². The number of aryl methyl sites for hydroxylation is 2. The summed E-state index contributed by atoms with van der Waals surface area (Å²) in [4.78, 5) is 17.5. The van der Waals surface area contributed by atoms with Crippen molar-refractivity contribution in [3.63, 3.8) is 0 Å². The van der Waals surface area contributed by atoms with Crippen molar-refractivity contribution in [3.8, 4) is 0 Å².